The molecule has 2 heterocycles. The Balaban J connectivity index is 1.25. The van der Waals surface area contributed by atoms with Crippen LogP contribution in [0.2, 0.25) is 0 Å². The third kappa shape index (κ3) is 6.93. The van der Waals surface area contributed by atoms with Crippen molar-refractivity contribution in [2.45, 2.75) is 39.0 Å². The number of fused-ring (bicyclic) bond motifs is 1. The summed E-state index contributed by atoms with van der Waals surface area (Å²) in [5.41, 5.74) is 2.23. The molecule has 1 N–H and O–H groups in total. The molecule has 1 aromatic heterocycles. The minimum Gasteiger partial charge on any atom is -0.490 e. The van der Waals surface area contributed by atoms with Crippen LogP contribution >= 0.6 is 0 Å². The fraction of sp³-hybridized carbons (Fsp3) is 0.429. The van der Waals surface area contributed by atoms with Gasteiger partial charge in [0.15, 0.2) is 6.61 Å². The first kappa shape index (κ1) is 25.4. The van der Waals surface area contributed by atoms with E-state index in [1.54, 1.807) is 36.5 Å². The van der Waals surface area contributed by atoms with Gasteiger partial charge in [-0.15, -0.1) is 0 Å². The van der Waals surface area contributed by atoms with Gasteiger partial charge in [0.2, 0.25) is 5.91 Å². The topological polar surface area (TPSA) is 101 Å². The van der Waals surface area contributed by atoms with Crippen LogP contribution in [0, 0.1) is 11.8 Å². The normalized spacial score (nSPS) is 20.1. The lowest BCUT2D eigenvalue weighted by molar-refractivity contribution is -0.136. The molecule has 8 nitrogen and oxygen atoms in total. The van der Waals surface area contributed by atoms with E-state index in [9.17, 15) is 14.7 Å². The Morgan fingerprint density at radius 2 is 1.81 bits per heavy atom. The molecule has 190 valence electrons. The third-order valence-corrected chi connectivity index (χ3v) is 6.85. The summed E-state index contributed by atoms with van der Waals surface area (Å²) in [5, 5.41) is 13.7. The number of hydrogen-bond donors (Lipinski definition) is 1. The zero-order valence-corrected chi connectivity index (χ0v) is 20.6. The average Bonchev–Trinajstić information content (AvgIpc) is 3.34. The molecule has 1 amide bonds. The highest BCUT2D eigenvalue weighted by Gasteiger charge is 2.36. The predicted molar refractivity (Wildman–Crippen MR) is 137 cm³/mol. The molecule has 2 fully saturated rings. The molecule has 0 radical (unpaired) electrons. The lowest BCUT2D eigenvalue weighted by atomic mass is 9.82. The Kier molecular flexibility index (Phi) is 8.71. The van der Waals surface area contributed by atoms with Crippen molar-refractivity contribution < 1.29 is 24.3 Å². The molecular weight excluding hydrogens is 458 g/mol. The number of aliphatic carboxylic acids is 1. The summed E-state index contributed by atoms with van der Waals surface area (Å²) < 4.78 is 5.67. The fourth-order valence-electron chi connectivity index (χ4n) is 4.90. The zero-order chi connectivity index (χ0) is 25.3. The molecule has 2 atom stereocenters. The molecule has 0 spiro atoms. The van der Waals surface area contributed by atoms with Crippen molar-refractivity contribution in [2.24, 2.45) is 17.0 Å². The van der Waals surface area contributed by atoms with Crippen LogP contribution in [-0.2, 0) is 14.4 Å². The number of oxime groups is 1. The van der Waals surface area contributed by atoms with E-state index in [4.69, 9.17) is 9.57 Å². The Morgan fingerprint density at radius 1 is 1.08 bits per heavy atom. The van der Waals surface area contributed by atoms with Gasteiger partial charge in [0.05, 0.1) is 12.1 Å². The lowest BCUT2D eigenvalue weighted by Crippen LogP contribution is -2.29. The van der Waals surface area contributed by atoms with Gasteiger partial charge in [-0.05, 0) is 67.5 Å². The maximum Gasteiger partial charge on any atom is 0.332 e. The molecule has 1 saturated heterocycles. The summed E-state index contributed by atoms with van der Waals surface area (Å²) in [6.07, 6.45) is 7.98. The first-order valence-electron chi connectivity index (χ1n) is 12.5. The van der Waals surface area contributed by atoms with Crippen molar-refractivity contribution in [3.8, 4) is 5.75 Å². The maximum absolute atomic E-state index is 12.8. The average molecular weight is 492 g/mol. The Hall–Kier alpha value is -3.68. The number of rotatable bonds is 10. The van der Waals surface area contributed by atoms with E-state index in [0.29, 0.717) is 35.5 Å². The van der Waals surface area contributed by atoms with Crippen LogP contribution < -0.4 is 4.74 Å². The van der Waals surface area contributed by atoms with E-state index in [0.717, 1.165) is 18.8 Å². The second-order valence-electron chi connectivity index (χ2n) is 9.40. The number of nitrogens with zero attached hydrogens (tertiary/aromatic N) is 3. The summed E-state index contributed by atoms with van der Waals surface area (Å²) in [5.74, 6) is 0.621. The van der Waals surface area contributed by atoms with Gasteiger partial charge in [-0.2, -0.15) is 0 Å². The summed E-state index contributed by atoms with van der Waals surface area (Å²) in [6.45, 7) is 3.93. The Labute approximate surface area is 211 Å². The molecule has 1 saturated carbocycles. The van der Waals surface area contributed by atoms with E-state index in [2.05, 4.69) is 10.1 Å². The Morgan fingerprint density at radius 3 is 2.44 bits per heavy atom. The molecule has 2 aromatic rings. The molecular formula is C28H33N3O5. The van der Waals surface area contributed by atoms with Gasteiger partial charge in [0, 0.05) is 24.9 Å². The number of likely N-dealkylation sites (tertiary alicyclic amines) is 1. The fourth-order valence-corrected chi connectivity index (χ4v) is 4.90. The van der Waals surface area contributed by atoms with E-state index in [1.807, 2.05) is 30.0 Å². The second kappa shape index (κ2) is 12.3. The van der Waals surface area contributed by atoms with Gasteiger partial charge < -0.3 is 19.6 Å². The van der Waals surface area contributed by atoms with E-state index in [-0.39, 0.29) is 24.5 Å². The van der Waals surface area contributed by atoms with E-state index < -0.39 is 5.97 Å². The van der Waals surface area contributed by atoms with Crippen molar-refractivity contribution in [3.63, 3.8) is 0 Å². The minimum atomic E-state index is -1.07. The van der Waals surface area contributed by atoms with Crippen LogP contribution in [0.4, 0.5) is 0 Å². The first-order valence-corrected chi connectivity index (χ1v) is 12.5. The molecule has 8 heteroatoms. The summed E-state index contributed by atoms with van der Waals surface area (Å²) in [4.78, 5) is 36.0. The summed E-state index contributed by atoms with van der Waals surface area (Å²) >= 11 is 0. The monoisotopic (exact) mass is 491 g/mol. The van der Waals surface area contributed by atoms with Gasteiger partial charge in [-0.1, -0.05) is 36.2 Å². The number of ether oxygens (including phenoxy) is 1. The van der Waals surface area contributed by atoms with Crippen LogP contribution in [0.3, 0.4) is 0 Å². The number of carboxylic acids is 1. The number of amides is 1. The smallest absolute Gasteiger partial charge is 0.332 e. The number of carboxylic acid groups (broad SMARTS) is 1. The summed E-state index contributed by atoms with van der Waals surface area (Å²) in [6, 6.07) is 12.7. The van der Waals surface area contributed by atoms with Crippen LogP contribution in [0.15, 0.2) is 59.4 Å². The highest BCUT2D eigenvalue weighted by atomic mass is 16.6. The number of benzene rings is 1. The SMILES string of the molecule is CC(=NOCCOc1ccc(/C=C(\CC(=O)N2C[C@H]3CCCC[C@H]3C2)C(=O)O)cc1)c1ccccn1. The van der Waals surface area contributed by atoms with Gasteiger partial charge in [0.1, 0.15) is 18.1 Å². The number of hydrogen-bond acceptors (Lipinski definition) is 6. The van der Waals surface area contributed by atoms with Crippen LogP contribution in [-0.4, -0.2) is 58.9 Å². The molecule has 0 bridgehead atoms. The van der Waals surface area contributed by atoms with Crippen molar-refractivity contribution >= 4 is 23.7 Å². The standard InChI is InChI=1S/C28H33N3O5/c1-20(26-8-4-5-13-29-26)30-36-15-14-35-25-11-9-21(10-12-25)16-24(28(33)34)17-27(32)31-18-22-6-2-3-7-23(22)19-31/h4-5,8-13,16,22-23H,2-3,6-7,14-15,17-19H2,1H3,(H,33,34)/b24-16+,30-20?/t22-,23+. The molecule has 4 rings (SSSR count). The van der Waals surface area contributed by atoms with Crippen LogP contribution in [0.25, 0.3) is 6.08 Å². The minimum absolute atomic E-state index is 0.0944. The maximum atomic E-state index is 12.8. The van der Waals surface area contributed by atoms with Gasteiger partial charge in [-0.25, -0.2) is 4.79 Å². The predicted octanol–water partition coefficient (Wildman–Crippen LogP) is 4.41. The van der Waals surface area contributed by atoms with E-state index >= 15 is 0 Å². The summed E-state index contributed by atoms with van der Waals surface area (Å²) in [7, 11) is 0. The zero-order valence-electron chi connectivity index (χ0n) is 20.6. The van der Waals surface area contributed by atoms with Gasteiger partial charge in [0.25, 0.3) is 0 Å². The van der Waals surface area contributed by atoms with Crippen molar-refractivity contribution in [3.05, 3.63) is 65.5 Å². The largest absolute Gasteiger partial charge is 0.490 e. The lowest BCUT2D eigenvalue weighted by Gasteiger charge is -2.22. The molecule has 1 aliphatic heterocycles. The molecule has 2 aliphatic rings. The van der Waals surface area contributed by atoms with Crippen LogP contribution in [0.5, 0.6) is 5.75 Å². The molecule has 36 heavy (non-hydrogen) atoms. The third-order valence-electron chi connectivity index (χ3n) is 6.85. The molecule has 1 aromatic carbocycles. The quantitative estimate of drug-likeness (QED) is 0.229. The van der Waals surface area contributed by atoms with Crippen molar-refractivity contribution in [2.75, 3.05) is 26.3 Å². The highest BCUT2D eigenvalue weighted by Crippen LogP contribution is 2.36. The van der Waals surface area contributed by atoms with Gasteiger partial charge >= 0.3 is 5.97 Å². The Bertz CT molecular complexity index is 1080. The first-order chi connectivity index (χ1) is 17.5. The van der Waals surface area contributed by atoms with Crippen molar-refractivity contribution in [1.29, 1.82) is 0 Å². The van der Waals surface area contributed by atoms with Crippen molar-refractivity contribution in [1.82, 2.24) is 9.88 Å². The number of carbonyl (C=O) groups excluding carboxylic acids is 1. The number of carbonyl (C=O) groups is 2. The van der Waals surface area contributed by atoms with E-state index in [1.165, 1.54) is 25.7 Å². The highest BCUT2D eigenvalue weighted by molar-refractivity contribution is 5.98. The molecule has 1 aliphatic carbocycles. The number of aromatic nitrogens is 1. The van der Waals surface area contributed by atoms with Crippen LogP contribution in [0.1, 0.15) is 50.3 Å². The van der Waals surface area contributed by atoms with Gasteiger partial charge in [-0.3, -0.25) is 9.78 Å². The molecule has 0 unspecified atom stereocenters. The second-order valence-corrected chi connectivity index (χ2v) is 9.40. The number of pyridine rings is 1.